The molecule has 474 valence electrons. The van der Waals surface area contributed by atoms with Crippen LogP contribution in [0.15, 0.2) is 66.7 Å². The standard InChI is InChI=1S/C49H70N8O7.3C2HF3O2/c1-31(2)44(51)48(63)52-25-15-7-10-22-43(59)64-41(30-57-29-35-20-12-11-19-34(35)27-40(57)47(62)56-49(3,4)5)38(26-32-16-8-6-9-17-32)54-46(61)39(28-42(50)58)55-45(60)37-24-23-33-18-13-14-21-36(33)53-37;3*3-2(4,5)1(6)7/h6,8-9,13-14,16-18,21,23-24,31,34-35,38-41,44H,7,10-12,15,19-20,22,25-30,51H2,1-5H3,(H2,50,58)(H,52,63)(H,54,61)(H,55,60)(H,56,62);3*(H,6,7)/t34-,35+,38-,39-,40-,41+,44+;;;/m0.../s1. The molecule has 3 aromatic rings. The Balaban J connectivity index is 0.000000994. The molecule has 0 unspecified atom stereocenters. The third kappa shape index (κ3) is 27.8. The molecule has 30 heteroatoms. The fourth-order valence-corrected chi connectivity index (χ4v) is 8.80. The zero-order chi connectivity index (χ0) is 64.6. The first kappa shape index (κ1) is 73.5. The number of aliphatic carboxylic acids is 3. The van der Waals surface area contributed by atoms with Gasteiger partial charge < -0.3 is 52.8 Å². The second kappa shape index (κ2) is 33.8. The lowest BCUT2D eigenvalue weighted by Gasteiger charge is -2.47. The molecule has 7 atom stereocenters. The number of hydrogen-bond donors (Lipinski definition) is 9. The summed E-state index contributed by atoms with van der Waals surface area (Å²) in [5.74, 6) is -10.5. The number of alkyl halides is 9. The summed E-state index contributed by atoms with van der Waals surface area (Å²) >= 11 is 0. The maximum Gasteiger partial charge on any atom is 0.490 e. The summed E-state index contributed by atoms with van der Waals surface area (Å²) in [6.45, 7) is 10.8. The van der Waals surface area contributed by atoms with Gasteiger partial charge in [-0.15, -0.1) is 0 Å². The first-order chi connectivity index (χ1) is 39.3. The van der Waals surface area contributed by atoms with Crippen LogP contribution in [0.25, 0.3) is 10.9 Å². The number of benzene rings is 2. The van der Waals surface area contributed by atoms with Crippen LogP contribution in [0.5, 0.6) is 0 Å². The number of carbonyl (C=O) groups is 9. The number of carboxylic acids is 3. The largest absolute Gasteiger partial charge is 0.490 e. The fourth-order valence-electron chi connectivity index (χ4n) is 8.80. The van der Waals surface area contributed by atoms with Crippen LogP contribution in [0.2, 0.25) is 0 Å². The molecule has 0 spiro atoms. The molecular formula is C55H73F9N8O13. The Labute approximate surface area is 483 Å². The van der Waals surface area contributed by atoms with Crippen molar-refractivity contribution in [3.8, 4) is 0 Å². The van der Waals surface area contributed by atoms with Gasteiger partial charge in [0.25, 0.3) is 5.91 Å². The summed E-state index contributed by atoms with van der Waals surface area (Å²) < 4.78 is 102. The van der Waals surface area contributed by atoms with Crippen LogP contribution in [-0.4, -0.2) is 153 Å². The number of halogens is 9. The Hall–Kier alpha value is -7.63. The quantitative estimate of drug-likeness (QED) is 0.0325. The van der Waals surface area contributed by atoms with Gasteiger partial charge in [0.15, 0.2) is 0 Å². The molecule has 1 saturated carbocycles. The highest BCUT2D eigenvalue weighted by Gasteiger charge is 2.44. The number of nitrogens with zero attached hydrogens (tertiary/aromatic N) is 2. The van der Waals surface area contributed by atoms with Crippen molar-refractivity contribution < 1.29 is 103 Å². The van der Waals surface area contributed by atoms with Gasteiger partial charge in [-0.05, 0) is 88.3 Å². The van der Waals surface area contributed by atoms with Crippen LogP contribution < -0.4 is 32.7 Å². The van der Waals surface area contributed by atoms with Gasteiger partial charge in [0.1, 0.15) is 17.8 Å². The molecule has 85 heavy (non-hydrogen) atoms. The fraction of sp³-hybridized carbons (Fsp3) is 0.564. The highest BCUT2D eigenvalue weighted by Crippen LogP contribution is 2.39. The summed E-state index contributed by atoms with van der Waals surface area (Å²) in [5.41, 5.74) is 12.6. The number of carbonyl (C=O) groups excluding carboxylic acids is 6. The number of nitrogens with two attached hydrogens (primary N) is 2. The lowest BCUT2D eigenvalue weighted by molar-refractivity contribution is -0.193. The normalized spacial score (nSPS) is 17.6. The van der Waals surface area contributed by atoms with Crippen molar-refractivity contribution >= 4 is 64.3 Å². The van der Waals surface area contributed by atoms with Crippen LogP contribution in [0, 0.1) is 17.8 Å². The lowest BCUT2D eigenvalue weighted by Crippen LogP contribution is -2.61. The molecule has 21 nitrogen and oxygen atoms in total. The van der Waals surface area contributed by atoms with Gasteiger partial charge in [-0.2, -0.15) is 39.5 Å². The Kier molecular flexibility index (Phi) is 29.2. The number of esters is 1. The number of nitrogens with one attached hydrogen (secondary N) is 4. The SMILES string of the molecule is CC(C)[C@@H](N)C(=O)NCCCCCC(=O)O[C@H](CN1C[C@H]2CCCC[C@H]2C[C@H]1C(=O)NC(C)(C)C)[C@H](Cc1ccccc1)NC(=O)[C@H](CC(N)=O)NC(=O)c1ccc2ccccc2n1.O=C(O)C(F)(F)F.O=C(O)C(F)(F)F.O=C(O)C(F)(F)F. The molecule has 2 aromatic carbocycles. The van der Waals surface area contributed by atoms with Gasteiger partial charge in [0.05, 0.1) is 30.1 Å². The molecule has 2 fully saturated rings. The number of likely N-dealkylation sites (tertiary alicyclic amines) is 1. The van der Waals surface area contributed by atoms with E-state index >= 15 is 0 Å². The Morgan fingerprint density at radius 3 is 1.79 bits per heavy atom. The van der Waals surface area contributed by atoms with Crippen molar-refractivity contribution in [1.29, 1.82) is 0 Å². The summed E-state index contributed by atoms with van der Waals surface area (Å²) in [6.07, 6.45) is -9.63. The molecule has 0 bridgehead atoms. The molecule has 1 aliphatic heterocycles. The first-order valence-corrected chi connectivity index (χ1v) is 26.8. The second-order valence-corrected chi connectivity index (χ2v) is 21.4. The number of ether oxygens (including phenoxy) is 1. The molecule has 2 heterocycles. The average Bonchev–Trinajstić information content (AvgIpc) is 2.56. The van der Waals surface area contributed by atoms with Crippen molar-refractivity contribution in [2.75, 3.05) is 19.6 Å². The van der Waals surface area contributed by atoms with Crippen LogP contribution in [-0.2, 0) is 49.5 Å². The van der Waals surface area contributed by atoms with Crippen molar-refractivity contribution in [1.82, 2.24) is 31.2 Å². The van der Waals surface area contributed by atoms with E-state index in [-0.39, 0.29) is 42.8 Å². The number of primary amides is 1. The number of unbranched alkanes of at least 4 members (excludes halogenated alkanes) is 2. The monoisotopic (exact) mass is 1220 g/mol. The number of para-hydroxylation sites is 1. The molecule has 11 N–H and O–H groups in total. The zero-order valence-electron chi connectivity index (χ0n) is 47.2. The summed E-state index contributed by atoms with van der Waals surface area (Å²) in [7, 11) is 0. The minimum atomic E-state index is -5.08. The van der Waals surface area contributed by atoms with Gasteiger partial charge in [-0.25, -0.2) is 19.4 Å². The molecule has 0 radical (unpaired) electrons. The molecule has 1 aromatic heterocycles. The number of hydrogen-bond acceptors (Lipinski definition) is 13. The number of carboxylic acid groups (broad SMARTS) is 3. The Morgan fingerprint density at radius 1 is 0.718 bits per heavy atom. The number of piperidine rings is 1. The number of aromatic nitrogens is 1. The summed E-state index contributed by atoms with van der Waals surface area (Å²) in [4.78, 5) is 114. The van der Waals surface area contributed by atoms with E-state index in [9.17, 15) is 68.3 Å². The molecular weight excluding hydrogens is 1150 g/mol. The van der Waals surface area contributed by atoms with E-state index in [0.717, 1.165) is 36.6 Å². The third-order valence-corrected chi connectivity index (χ3v) is 13.0. The van der Waals surface area contributed by atoms with Gasteiger partial charge >= 0.3 is 42.4 Å². The van der Waals surface area contributed by atoms with E-state index in [1.54, 1.807) is 24.3 Å². The lowest BCUT2D eigenvalue weighted by atomic mass is 9.72. The smallest absolute Gasteiger partial charge is 0.475 e. The first-order valence-electron chi connectivity index (χ1n) is 26.8. The second-order valence-electron chi connectivity index (χ2n) is 21.4. The van der Waals surface area contributed by atoms with Gasteiger partial charge in [-0.1, -0.05) is 94.1 Å². The maximum atomic E-state index is 14.4. The molecule has 1 saturated heterocycles. The van der Waals surface area contributed by atoms with E-state index in [4.69, 9.17) is 45.9 Å². The topological polar surface area (TPSA) is 340 Å². The number of amides is 5. The highest BCUT2D eigenvalue weighted by atomic mass is 19.4. The Morgan fingerprint density at radius 2 is 1.26 bits per heavy atom. The maximum absolute atomic E-state index is 14.4. The predicted molar refractivity (Wildman–Crippen MR) is 287 cm³/mol. The van der Waals surface area contributed by atoms with E-state index in [1.807, 2.05) is 77.1 Å². The average molecular weight is 1230 g/mol. The zero-order valence-corrected chi connectivity index (χ0v) is 47.2. The molecule has 2 aliphatic rings. The number of rotatable bonds is 21. The van der Waals surface area contributed by atoms with E-state index < -0.39 is 102 Å². The van der Waals surface area contributed by atoms with Crippen LogP contribution in [0.1, 0.15) is 115 Å². The van der Waals surface area contributed by atoms with Gasteiger partial charge in [0.2, 0.25) is 23.6 Å². The van der Waals surface area contributed by atoms with Crippen LogP contribution in [0.3, 0.4) is 0 Å². The van der Waals surface area contributed by atoms with Crippen molar-refractivity contribution in [2.24, 2.45) is 29.2 Å². The number of fused-ring (bicyclic) bond motifs is 2. The molecule has 5 amide bonds. The van der Waals surface area contributed by atoms with Gasteiger partial charge in [0, 0.05) is 37.0 Å². The van der Waals surface area contributed by atoms with Crippen molar-refractivity contribution in [3.05, 3.63) is 78.0 Å². The van der Waals surface area contributed by atoms with E-state index in [0.29, 0.717) is 56.1 Å². The minimum Gasteiger partial charge on any atom is -0.475 e. The third-order valence-electron chi connectivity index (χ3n) is 13.0. The molecule has 1 aliphatic carbocycles. The predicted octanol–water partition coefficient (Wildman–Crippen LogP) is 6.20. The van der Waals surface area contributed by atoms with Crippen molar-refractivity contribution in [2.45, 2.75) is 160 Å². The summed E-state index contributed by atoms with van der Waals surface area (Å²) in [6, 6.07) is 16.7. The van der Waals surface area contributed by atoms with E-state index in [1.165, 1.54) is 0 Å². The number of pyridine rings is 1. The highest BCUT2D eigenvalue weighted by molar-refractivity contribution is 5.99. The van der Waals surface area contributed by atoms with E-state index in [2.05, 4.69) is 31.2 Å². The van der Waals surface area contributed by atoms with Crippen LogP contribution in [0.4, 0.5) is 39.5 Å². The molecule has 5 rings (SSSR count). The Bertz CT molecular complexity index is 2650. The van der Waals surface area contributed by atoms with Crippen molar-refractivity contribution in [3.63, 3.8) is 0 Å². The van der Waals surface area contributed by atoms with Gasteiger partial charge in [-0.3, -0.25) is 33.7 Å². The van der Waals surface area contributed by atoms with Crippen LogP contribution >= 0.6 is 0 Å². The summed E-state index contributed by atoms with van der Waals surface area (Å²) in [5, 5.41) is 34.0. The minimum absolute atomic E-state index is 0.0101.